The standard InChI is InChI=1S/C15H16O6/c1-18-12-7-9-10(13(19-2)14(12)20-3)5-8(6-11(9)16)15(17)21-4/h6-7H,5H2,1-4H3. The summed E-state index contributed by atoms with van der Waals surface area (Å²) in [5, 5.41) is 0. The highest BCUT2D eigenvalue weighted by Crippen LogP contribution is 2.44. The van der Waals surface area contributed by atoms with Crippen molar-refractivity contribution in [1.82, 2.24) is 0 Å². The average molecular weight is 292 g/mol. The molecule has 0 N–H and O–H groups in total. The lowest BCUT2D eigenvalue weighted by molar-refractivity contribution is -0.136. The SMILES string of the molecule is COC(=O)C1=CC(=O)c2cc(OC)c(OC)c(OC)c2C1. The Morgan fingerprint density at radius 2 is 1.71 bits per heavy atom. The number of allylic oxidation sites excluding steroid dienone is 1. The molecular formula is C15H16O6. The lowest BCUT2D eigenvalue weighted by Crippen LogP contribution is -2.18. The van der Waals surface area contributed by atoms with Crippen molar-refractivity contribution < 1.29 is 28.5 Å². The van der Waals surface area contributed by atoms with Crippen LogP contribution in [-0.4, -0.2) is 40.2 Å². The summed E-state index contributed by atoms with van der Waals surface area (Å²) in [6, 6.07) is 1.59. The fraction of sp³-hybridized carbons (Fsp3) is 0.333. The number of fused-ring (bicyclic) bond motifs is 1. The molecule has 112 valence electrons. The van der Waals surface area contributed by atoms with Crippen LogP contribution in [0.15, 0.2) is 17.7 Å². The molecule has 6 heteroatoms. The second-order valence-corrected chi connectivity index (χ2v) is 4.37. The Bertz CT molecular complexity index is 630. The summed E-state index contributed by atoms with van der Waals surface area (Å²) in [5.74, 6) is 0.338. The number of benzene rings is 1. The van der Waals surface area contributed by atoms with Crippen LogP contribution in [0.1, 0.15) is 15.9 Å². The number of hydrogen-bond acceptors (Lipinski definition) is 6. The Morgan fingerprint density at radius 1 is 1.05 bits per heavy atom. The van der Waals surface area contributed by atoms with Crippen LogP contribution < -0.4 is 14.2 Å². The van der Waals surface area contributed by atoms with Gasteiger partial charge in [0.1, 0.15) is 0 Å². The number of methoxy groups -OCH3 is 4. The Kier molecular flexibility index (Phi) is 4.16. The van der Waals surface area contributed by atoms with Gasteiger partial charge in [0.25, 0.3) is 0 Å². The third-order valence-corrected chi connectivity index (χ3v) is 3.32. The zero-order chi connectivity index (χ0) is 15.6. The van der Waals surface area contributed by atoms with Gasteiger partial charge in [-0.15, -0.1) is 0 Å². The molecule has 1 aromatic carbocycles. The molecule has 0 amide bonds. The molecule has 0 saturated heterocycles. The van der Waals surface area contributed by atoms with E-state index < -0.39 is 5.97 Å². The minimum Gasteiger partial charge on any atom is -0.493 e. The maximum absolute atomic E-state index is 12.2. The predicted octanol–water partition coefficient (Wildman–Crippen LogP) is 1.55. The molecule has 6 nitrogen and oxygen atoms in total. The summed E-state index contributed by atoms with van der Waals surface area (Å²) < 4.78 is 20.5. The van der Waals surface area contributed by atoms with Crippen molar-refractivity contribution in [3.63, 3.8) is 0 Å². The highest BCUT2D eigenvalue weighted by molar-refractivity contribution is 6.12. The number of ether oxygens (including phenoxy) is 4. The topological polar surface area (TPSA) is 71.1 Å². The number of esters is 1. The number of ketones is 1. The highest BCUT2D eigenvalue weighted by atomic mass is 16.5. The molecule has 1 aromatic rings. The van der Waals surface area contributed by atoms with Crippen molar-refractivity contribution in [2.75, 3.05) is 28.4 Å². The number of rotatable bonds is 4. The molecule has 1 aliphatic rings. The summed E-state index contributed by atoms with van der Waals surface area (Å²) in [7, 11) is 5.70. The van der Waals surface area contributed by atoms with Crippen molar-refractivity contribution in [2.24, 2.45) is 0 Å². The summed E-state index contributed by atoms with van der Waals surface area (Å²) in [6.45, 7) is 0. The van der Waals surface area contributed by atoms with Gasteiger partial charge in [-0.25, -0.2) is 4.79 Å². The smallest absolute Gasteiger partial charge is 0.334 e. The molecule has 0 saturated carbocycles. The van der Waals surface area contributed by atoms with Crippen LogP contribution >= 0.6 is 0 Å². The molecule has 1 aliphatic carbocycles. The second-order valence-electron chi connectivity index (χ2n) is 4.37. The first-order valence-electron chi connectivity index (χ1n) is 6.22. The van der Waals surface area contributed by atoms with Gasteiger partial charge in [0.05, 0.1) is 28.4 Å². The maximum atomic E-state index is 12.2. The van der Waals surface area contributed by atoms with E-state index in [2.05, 4.69) is 4.74 Å². The van der Waals surface area contributed by atoms with Crippen LogP contribution in [0.4, 0.5) is 0 Å². The van der Waals surface area contributed by atoms with Crippen LogP contribution in [0.5, 0.6) is 17.2 Å². The summed E-state index contributed by atoms with van der Waals surface area (Å²) >= 11 is 0. The summed E-state index contributed by atoms with van der Waals surface area (Å²) in [4.78, 5) is 23.9. The number of carbonyl (C=O) groups is 2. The zero-order valence-corrected chi connectivity index (χ0v) is 12.3. The molecular weight excluding hydrogens is 276 g/mol. The molecule has 21 heavy (non-hydrogen) atoms. The number of carbonyl (C=O) groups excluding carboxylic acids is 2. The largest absolute Gasteiger partial charge is 0.493 e. The average Bonchev–Trinajstić information content (AvgIpc) is 2.51. The van der Waals surface area contributed by atoms with Crippen molar-refractivity contribution >= 4 is 11.8 Å². The normalized spacial score (nSPS) is 13.1. The van der Waals surface area contributed by atoms with Gasteiger partial charge in [0, 0.05) is 23.1 Å². The molecule has 0 radical (unpaired) electrons. The lowest BCUT2D eigenvalue weighted by Gasteiger charge is -2.21. The Hall–Kier alpha value is -2.50. The molecule has 0 atom stereocenters. The van der Waals surface area contributed by atoms with Crippen molar-refractivity contribution in [2.45, 2.75) is 6.42 Å². The van der Waals surface area contributed by atoms with E-state index in [0.717, 1.165) is 0 Å². The minimum absolute atomic E-state index is 0.233. The van der Waals surface area contributed by atoms with E-state index in [1.165, 1.54) is 34.5 Å². The third kappa shape index (κ3) is 2.44. The first kappa shape index (κ1) is 14.9. The zero-order valence-electron chi connectivity index (χ0n) is 12.3. The Balaban J connectivity index is 2.63. The quantitative estimate of drug-likeness (QED) is 0.784. The van der Waals surface area contributed by atoms with Crippen LogP contribution in [0.2, 0.25) is 0 Å². The molecule has 0 unspecified atom stereocenters. The summed E-state index contributed by atoms with van der Waals surface area (Å²) in [5.41, 5.74) is 1.29. The second kappa shape index (κ2) is 5.87. The third-order valence-electron chi connectivity index (χ3n) is 3.32. The first-order chi connectivity index (χ1) is 10.1. The van der Waals surface area contributed by atoms with E-state index >= 15 is 0 Å². The molecule has 0 aliphatic heterocycles. The van der Waals surface area contributed by atoms with E-state index in [0.29, 0.717) is 28.4 Å². The Morgan fingerprint density at radius 3 is 2.24 bits per heavy atom. The van der Waals surface area contributed by atoms with E-state index in [4.69, 9.17) is 14.2 Å². The maximum Gasteiger partial charge on any atom is 0.334 e. The predicted molar refractivity (Wildman–Crippen MR) is 74.2 cm³/mol. The van der Waals surface area contributed by atoms with Gasteiger partial charge in [-0.05, 0) is 12.1 Å². The molecule has 0 spiro atoms. The molecule has 2 rings (SSSR count). The fourth-order valence-electron chi connectivity index (χ4n) is 2.35. The van der Waals surface area contributed by atoms with Crippen LogP contribution in [0, 0.1) is 0 Å². The van der Waals surface area contributed by atoms with Gasteiger partial charge in [-0.2, -0.15) is 0 Å². The fourth-order valence-corrected chi connectivity index (χ4v) is 2.35. The van der Waals surface area contributed by atoms with E-state index in [1.807, 2.05) is 0 Å². The van der Waals surface area contributed by atoms with Gasteiger partial charge < -0.3 is 18.9 Å². The molecule has 0 bridgehead atoms. The van der Waals surface area contributed by atoms with Gasteiger partial charge in [-0.3, -0.25) is 4.79 Å². The minimum atomic E-state index is -0.536. The lowest BCUT2D eigenvalue weighted by atomic mass is 9.89. The van der Waals surface area contributed by atoms with Crippen LogP contribution in [0.25, 0.3) is 0 Å². The van der Waals surface area contributed by atoms with E-state index in [9.17, 15) is 9.59 Å². The van der Waals surface area contributed by atoms with Gasteiger partial charge >= 0.3 is 5.97 Å². The Labute approximate surface area is 122 Å². The monoisotopic (exact) mass is 292 g/mol. The van der Waals surface area contributed by atoms with Gasteiger partial charge in [-0.1, -0.05) is 0 Å². The molecule has 0 aromatic heterocycles. The van der Waals surface area contributed by atoms with Crippen molar-refractivity contribution in [3.8, 4) is 17.2 Å². The van der Waals surface area contributed by atoms with Gasteiger partial charge in [0.2, 0.25) is 5.75 Å². The van der Waals surface area contributed by atoms with E-state index in [-0.39, 0.29) is 17.8 Å². The van der Waals surface area contributed by atoms with Gasteiger partial charge in [0.15, 0.2) is 17.3 Å². The van der Waals surface area contributed by atoms with Crippen LogP contribution in [0.3, 0.4) is 0 Å². The van der Waals surface area contributed by atoms with Crippen molar-refractivity contribution in [3.05, 3.63) is 28.8 Å². The van der Waals surface area contributed by atoms with E-state index in [1.54, 1.807) is 6.07 Å². The van der Waals surface area contributed by atoms with Crippen LogP contribution in [-0.2, 0) is 16.0 Å². The first-order valence-corrected chi connectivity index (χ1v) is 6.22. The highest BCUT2D eigenvalue weighted by Gasteiger charge is 2.29. The molecule has 0 heterocycles. The van der Waals surface area contributed by atoms with Crippen molar-refractivity contribution in [1.29, 1.82) is 0 Å². The number of hydrogen-bond donors (Lipinski definition) is 0. The molecule has 0 fully saturated rings. The summed E-state index contributed by atoms with van der Waals surface area (Å²) in [6.07, 6.45) is 1.51.